The van der Waals surface area contributed by atoms with Crippen molar-refractivity contribution in [2.45, 2.75) is 6.54 Å². The Morgan fingerprint density at radius 2 is 2.35 bits per heavy atom. The highest BCUT2D eigenvalue weighted by Gasteiger charge is 2.07. The maximum Gasteiger partial charge on any atom is 0.231 e. The largest absolute Gasteiger partial charge is 0.369 e. The van der Waals surface area contributed by atoms with Crippen LogP contribution >= 0.6 is 0 Å². The average Bonchev–Trinajstić information content (AvgIpc) is 2.78. The molecule has 0 atom stereocenters. The van der Waals surface area contributed by atoms with Gasteiger partial charge in [-0.3, -0.25) is 14.9 Å². The average molecular weight is 231 g/mol. The molecule has 0 saturated carbocycles. The molecule has 0 unspecified atom stereocenters. The minimum atomic E-state index is -0.378. The molecule has 6 nitrogen and oxygen atoms in total. The summed E-state index contributed by atoms with van der Waals surface area (Å²) in [4.78, 5) is 14.7. The first-order chi connectivity index (χ1) is 8.27. The van der Waals surface area contributed by atoms with E-state index in [4.69, 9.17) is 5.73 Å². The van der Waals surface area contributed by atoms with Gasteiger partial charge in [-0.2, -0.15) is 5.10 Å². The van der Waals surface area contributed by atoms with Crippen LogP contribution in [0.3, 0.4) is 0 Å². The smallest absolute Gasteiger partial charge is 0.231 e. The highest BCUT2D eigenvalue weighted by atomic mass is 16.1. The van der Waals surface area contributed by atoms with Crippen LogP contribution in [-0.4, -0.2) is 27.6 Å². The predicted octanol–water partition coefficient (Wildman–Crippen LogP) is 0.0466. The summed E-state index contributed by atoms with van der Waals surface area (Å²) in [5.74, 6) is -0.378. The van der Waals surface area contributed by atoms with E-state index in [0.29, 0.717) is 6.54 Å². The lowest BCUT2D eigenvalue weighted by atomic mass is 10.1. The molecule has 0 radical (unpaired) electrons. The van der Waals surface area contributed by atoms with E-state index in [1.165, 1.54) is 0 Å². The number of carbonyl (C=O) groups is 1. The zero-order chi connectivity index (χ0) is 12.1. The molecular weight excluding hydrogens is 218 g/mol. The molecule has 0 fully saturated rings. The summed E-state index contributed by atoms with van der Waals surface area (Å²) in [5.41, 5.74) is 7.88. The van der Waals surface area contributed by atoms with Crippen molar-refractivity contribution >= 4 is 5.91 Å². The third kappa shape index (κ3) is 2.88. The van der Waals surface area contributed by atoms with Crippen LogP contribution < -0.4 is 11.1 Å². The molecular formula is C11H13N5O. The fourth-order valence-corrected chi connectivity index (χ4v) is 1.53. The molecule has 2 heterocycles. The van der Waals surface area contributed by atoms with Gasteiger partial charge in [-0.15, -0.1) is 0 Å². The number of aromatic amines is 1. The number of H-pyrrole nitrogens is 1. The molecule has 6 heteroatoms. The van der Waals surface area contributed by atoms with Crippen LogP contribution in [0.4, 0.5) is 0 Å². The summed E-state index contributed by atoms with van der Waals surface area (Å²) >= 11 is 0. The van der Waals surface area contributed by atoms with Crippen LogP contribution in [0.25, 0.3) is 11.3 Å². The Morgan fingerprint density at radius 3 is 3.06 bits per heavy atom. The van der Waals surface area contributed by atoms with Crippen molar-refractivity contribution < 1.29 is 4.79 Å². The Morgan fingerprint density at radius 1 is 1.47 bits per heavy atom. The molecule has 1 amide bonds. The number of rotatable bonds is 5. The van der Waals surface area contributed by atoms with Crippen molar-refractivity contribution in [3.8, 4) is 11.3 Å². The van der Waals surface area contributed by atoms with Gasteiger partial charge in [0.25, 0.3) is 0 Å². The Hall–Kier alpha value is -2.21. The zero-order valence-electron chi connectivity index (χ0n) is 9.18. The summed E-state index contributed by atoms with van der Waals surface area (Å²) in [6.45, 7) is 0.682. The number of nitrogens with one attached hydrogen (secondary N) is 2. The minimum Gasteiger partial charge on any atom is -0.369 e. The van der Waals surface area contributed by atoms with E-state index in [1.807, 2.05) is 12.1 Å². The molecule has 4 N–H and O–H groups in total. The molecule has 0 saturated heterocycles. The number of nitrogens with two attached hydrogens (primary N) is 1. The van der Waals surface area contributed by atoms with Gasteiger partial charge in [0.2, 0.25) is 5.91 Å². The zero-order valence-corrected chi connectivity index (χ0v) is 9.18. The van der Waals surface area contributed by atoms with Gasteiger partial charge >= 0.3 is 0 Å². The van der Waals surface area contributed by atoms with Gasteiger partial charge in [-0.25, -0.2) is 0 Å². The molecule has 2 rings (SSSR count). The van der Waals surface area contributed by atoms with Crippen molar-refractivity contribution in [3.63, 3.8) is 0 Å². The highest BCUT2D eigenvalue weighted by molar-refractivity contribution is 5.75. The van der Waals surface area contributed by atoms with Crippen LogP contribution in [0.15, 0.2) is 30.7 Å². The van der Waals surface area contributed by atoms with Crippen molar-refractivity contribution in [1.82, 2.24) is 20.5 Å². The van der Waals surface area contributed by atoms with Crippen molar-refractivity contribution in [2.24, 2.45) is 5.73 Å². The van der Waals surface area contributed by atoms with Gasteiger partial charge in [-0.05, 0) is 12.1 Å². The molecule has 0 spiro atoms. The monoisotopic (exact) mass is 231 g/mol. The number of carbonyl (C=O) groups excluding carboxylic acids is 1. The standard InChI is InChI=1S/C11H13N5O/c12-10(17)7-14-5-9-6-15-16-11(9)8-2-1-3-13-4-8/h1-4,6,14H,5,7H2,(H2,12,17)(H,15,16). The van der Waals surface area contributed by atoms with E-state index < -0.39 is 0 Å². The first kappa shape index (κ1) is 11.3. The fourth-order valence-electron chi connectivity index (χ4n) is 1.53. The third-order valence-corrected chi connectivity index (χ3v) is 2.28. The summed E-state index contributed by atoms with van der Waals surface area (Å²) in [7, 11) is 0. The van der Waals surface area contributed by atoms with Gasteiger partial charge in [0, 0.05) is 30.1 Å². The normalized spacial score (nSPS) is 10.4. The Labute approximate surface area is 98.3 Å². The summed E-state index contributed by atoms with van der Waals surface area (Å²) < 4.78 is 0. The second-order valence-corrected chi connectivity index (χ2v) is 3.58. The van der Waals surface area contributed by atoms with Gasteiger partial charge in [0.1, 0.15) is 0 Å². The van der Waals surface area contributed by atoms with E-state index in [0.717, 1.165) is 16.8 Å². The maximum atomic E-state index is 10.6. The Kier molecular flexibility index (Phi) is 3.46. The maximum absolute atomic E-state index is 10.6. The molecule has 17 heavy (non-hydrogen) atoms. The number of nitrogens with zero attached hydrogens (tertiary/aromatic N) is 2. The fraction of sp³-hybridized carbons (Fsp3) is 0.182. The molecule has 0 aliphatic carbocycles. The lowest BCUT2D eigenvalue weighted by Gasteiger charge is -2.03. The minimum absolute atomic E-state index is 0.150. The summed E-state index contributed by atoms with van der Waals surface area (Å²) in [6.07, 6.45) is 5.19. The first-order valence-corrected chi connectivity index (χ1v) is 5.19. The first-order valence-electron chi connectivity index (χ1n) is 5.19. The number of primary amides is 1. The van der Waals surface area contributed by atoms with Crippen LogP contribution in [0.2, 0.25) is 0 Å². The quantitative estimate of drug-likeness (QED) is 0.677. The molecule has 0 aliphatic heterocycles. The third-order valence-electron chi connectivity index (χ3n) is 2.28. The van der Waals surface area contributed by atoms with Crippen LogP contribution in [-0.2, 0) is 11.3 Å². The second-order valence-electron chi connectivity index (χ2n) is 3.58. The Balaban J connectivity index is 2.10. The van der Waals surface area contributed by atoms with Crippen molar-refractivity contribution in [3.05, 3.63) is 36.3 Å². The van der Waals surface area contributed by atoms with Crippen LogP contribution in [0, 0.1) is 0 Å². The van der Waals surface area contributed by atoms with E-state index >= 15 is 0 Å². The number of aromatic nitrogens is 3. The molecule has 2 aromatic heterocycles. The van der Waals surface area contributed by atoms with E-state index in [1.54, 1.807) is 18.6 Å². The SMILES string of the molecule is NC(=O)CNCc1cn[nH]c1-c1cccnc1. The van der Waals surface area contributed by atoms with Gasteiger partial charge in [0.05, 0.1) is 18.4 Å². The molecule has 0 aliphatic rings. The predicted molar refractivity (Wildman–Crippen MR) is 62.7 cm³/mol. The van der Waals surface area contributed by atoms with Crippen LogP contribution in [0.5, 0.6) is 0 Å². The lowest BCUT2D eigenvalue weighted by Crippen LogP contribution is -2.28. The molecule has 88 valence electrons. The van der Waals surface area contributed by atoms with Crippen LogP contribution in [0.1, 0.15) is 5.56 Å². The summed E-state index contributed by atoms with van der Waals surface area (Å²) in [5, 5.41) is 9.84. The van der Waals surface area contributed by atoms with E-state index in [-0.39, 0.29) is 12.5 Å². The van der Waals surface area contributed by atoms with Gasteiger partial charge < -0.3 is 11.1 Å². The van der Waals surface area contributed by atoms with E-state index in [2.05, 4.69) is 20.5 Å². The number of amides is 1. The number of hydrogen-bond acceptors (Lipinski definition) is 4. The van der Waals surface area contributed by atoms with Gasteiger partial charge in [-0.1, -0.05) is 0 Å². The molecule has 0 bridgehead atoms. The van der Waals surface area contributed by atoms with Crippen molar-refractivity contribution in [1.29, 1.82) is 0 Å². The second kappa shape index (κ2) is 5.22. The lowest BCUT2D eigenvalue weighted by molar-refractivity contribution is -0.117. The summed E-state index contributed by atoms with van der Waals surface area (Å²) in [6, 6.07) is 3.80. The number of hydrogen-bond donors (Lipinski definition) is 3. The molecule has 0 aromatic carbocycles. The van der Waals surface area contributed by atoms with Crippen molar-refractivity contribution in [2.75, 3.05) is 6.54 Å². The molecule has 2 aromatic rings. The topological polar surface area (TPSA) is 96.7 Å². The van der Waals surface area contributed by atoms with E-state index in [9.17, 15) is 4.79 Å². The highest BCUT2D eigenvalue weighted by Crippen LogP contribution is 2.19. The van der Waals surface area contributed by atoms with Gasteiger partial charge in [0.15, 0.2) is 0 Å². The number of pyridine rings is 1. The Bertz CT molecular complexity index is 494.